The van der Waals surface area contributed by atoms with E-state index in [-0.39, 0.29) is 18.4 Å². The van der Waals surface area contributed by atoms with Crippen LogP contribution >= 0.6 is 0 Å². The molecule has 1 heterocycles. The first-order chi connectivity index (χ1) is 7.02. The molecule has 2 unspecified atom stereocenters. The lowest BCUT2D eigenvalue weighted by Crippen LogP contribution is -2.50. The number of primary amides is 1. The van der Waals surface area contributed by atoms with E-state index in [4.69, 9.17) is 10.8 Å². The molecule has 0 spiro atoms. The van der Waals surface area contributed by atoms with Gasteiger partial charge in [-0.1, -0.05) is 6.92 Å². The maximum absolute atomic E-state index is 11.5. The highest BCUT2D eigenvalue weighted by Gasteiger charge is 2.28. The first-order valence-electron chi connectivity index (χ1n) is 4.98. The van der Waals surface area contributed by atoms with Crippen LogP contribution in [0.15, 0.2) is 0 Å². The van der Waals surface area contributed by atoms with Gasteiger partial charge in [0.2, 0.25) is 11.8 Å². The largest absolute Gasteiger partial charge is 0.381 e. The standard InChI is InChI=1S/C9H17N3O3/c1-5(6-2-11-3-6)9(15)12-4-7(13)8(10)14/h5-7,11,13H,2-4H2,1H3,(H2,10,14)(H,12,15). The number of amides is 2. The Hall–Kier alpha value is -1.14. The Balaban J connectivity index is 2.25. The second kappa shape index (κ2) is 5.09. The van der Waals surface area contributed by atoms with E-state index in [0.717, 1.165) is 13.1 Å². The molecule has 1 aliphatic rings. The zero-order valence-electron chi connectivity index (χ0n) is 8.69. The van der Waals surface area contributed by atoms with E-state index in [1.54, 1.807) is 0 Å². The predicted octanol–water partition coefficient (Wildman–Crippen LogP) is -2.20. The zero-order chi connectivity index (χ0) is 11.4. The van der Waals surface area contributed by atoms with Gasteiger partial charge in [-0.05, 0) is 19.0 Å². The van der Waals surface area contributed by atoms with Crippen LogP contribution in [-0.4, -0.2) is 42.7 Å². The summed E-state index contributed by atoms with van der Waals surface area (Å²) in [5.41, 5.74) is 4.85. The molecule has 0 aromatic rings. The maximum atomic E-state index is 11.5. The number of hydrogen-bond acceptors (Lipinski definition) is 4. The molecule has 15 heavy (non-hydrogen) atoms. The minimum Gasteiger partial charge on any atom is -0.381 e. The molecule has 0 aliphatic carbocycles. The Morgan fingerprint density at radius 3 is 2.60 bits per heavy atom. The first kappa shape index (κ1) is 11.9. The number of nitrogens with one attached hydrogen (secondary N) is 2. The van der Waals surface area contributed by atoms with Crippen LogP contribution in [0, 0.1) is 11.8 Å². The number of aliphatic hydroxyl groups excluding tert-OH is 1. The van der Waals surface area contributed by atoms with Crippen molar-refractivity contribution in [3.63, 3.8) is 0 Å². The van der Waals surface area contributed by atoms with Gasteiger partial charge in [-0.25, -0.2) is 0 Å². The van der Waals surface area contributed by atoms with Gasteiger partial charge in [0.15, 0.2) is 0 Å². The average Bonchev–Trinajstić information content (AvgIpc) is 2.10. The lowest BCUT2D eigenvalue weighted by molar-refractivity contribution is -0.129. The van der Waals surface area contributed by atoms with E-state index < -0.39 is 12.0 Å². The van der Waals surface area contributed by atoms with Crippen molar-refractivity contribution >= 4 is 11.8 Å². The van der Waals surface area contributed by atoms with Crippen molar-refractivity contribution in [3.05, 3.63) is 0 Å². The van der Waals surface area contributed by atoms with Gasteiger partial charge in [-0.3, -0.25) is 9.59 Å². The fraction of sp³-hybridized carbons (Fsp3) is 0.778. The summed E-state index contributed by atoms with van der Waals surface area (Å²) >= 11 is 0. The summed E-state index contributed by atoms with van der Waals surface area (Å²) in [5.74, 6) is -0.739. The highest BCUT2D eigenvalue weighted by atomic mass is 16.3. The molecule has 6 nitrogen and oxygen atoms in total. The summed E-state index contributed by atoms with van der Waals surface area (Å²) in [6.07, 6.45) is -1.30. The van der Waals surface area contributed by atoms with Crippen LogP contribution in [0.1, 0.15) is 6.92 Å². The van der Waals surface area contributed by atoms with Crippen LogP contribution in [-0.2, 0) is 9.59 Å². The van der Waals surface area contributed by atoms with Crippen molar-refractivity contribution in [2.75, 3.05) is 19.6 Å². The van der Waals surface area contributed by atoms with E-state index in [0.29, 0.717) is 5.92 Å². The Morgan fingerprint density at radius 1 is 1.60 bits per heavy atom. The second-order valence-electron chi connectivity index (χ2n) is 3.87. The first-order valence-corrected chi connectivity index (χ1v) is 4.98. The Kier molecular flexibility index (Phi) is 4.05. The number of aliphatic hydroxyl groups is 1. The minimum atomic E-state index is -1.30. The SMILES string of the molecule is CC(C(=O)NCC(O)C(N)=O)C1CNC1. The molecule has 0 aromatic carbocycles. The van der Waals surface area contributed by atoms with Gasteiger partial charge in [0.1, 0.15) is 6.10 Å². The maximum Gasteiger partial charge on any atom is 0.248 e. The van der Waals surface area contributed by atoms with Crippen molar-refractivity contribution in [1.82, 2.24) is 10.6 Å². The van der Waals surface area contributed by atoms with Crippen LogP contribution in [0.4, 0.5) is 0 Å². The van der Waals surface area contributed by atoms with Crippen molar-refractivity contribution in [2.24, 2.45) is 17.6 Å². The van der Waals surface area contributed by atoms with Gasteiger partial charge in [0.25, 0.3) is 0 Å². The molecular weight excluding hydrogens is 198 g/mol. The summed E-state index contributed by atoms with van der Waals surface area (Å²) in [6.45, 7) is 3.40. The monoisotopic (exact) mass is 215 g/mol. The third kappa shape index (κ3) is 3.17. The number of rotatable bonds is 5. The number of carbonyl (C=O) groups is 2. The average molecular weight is 215 g/mol. The summed E-state index contributed by atoms with van der Waals surface area (Å²) in [6, 6.07) is 0. The van der Waals surface area contributed by atoms with E-state index in [2.05, 4.69) is 10.6 Å². The molecule has 1 fully saturated rings. The Morgan fingerprint density at radius 2 is 2.20 bits per heavy atom. The Bertz CT molecular complexity index is 253. The smallest absolute Gasteiger partial charge is 0.248 e. The molecule has 0 radical (unpaired) electrons. The third-order valence-electron chi connectivity index (χ3n) is 2.73. The van der Waals surface area contributed by atoms with E-state index in [9.17, 15) is 9.59 Å². The molecule has 2 atom stereocenters. The topological polar surface area (TPSA) is 104 Å². The highest BCUT2D eigenvalue weighted by Crippen LogP contribution is 2.15. The quantitative estimate of drug-likeness (QED) is 0.418. The normalized spacial score (nSPS) is 20.1. The molecule has 2 amide bonds. The van der Waals surface area contributed by atoms with Crippen LogP contribution in [0.25, 0.3) is 0 Å². The summed E-state index contributed by atoms with van der Waals surface area (Å²) in [4.78, 5) is 22.0. The molecule has 1 saturated heterocycles. The lowest BCUT2D eigenvalue weighted by Gasteiger charge is -2.31. The number of carbonyl (C=O) groups excluding carboxylic acids is 2. The van der Waals surface area contributed by atoms with E-state index in [1.165, 1.54) is 0 Å². The molecule has 0 saturated carbocycles. The van der Waals surface area contributed by atoms with Gasteiger partial charge >= 0.3 is 0 Å². The van der Waals surface area contributed by atoms with Gasteiger partial charge in [-0.15, -0.1) is 0 Å². The van der Waals surface area contributed by atoms with Gasteiger partial charge < -0.3 is 21.5 Å². The molecule has 0 aromatic heterocycles. The van der Waals surface area contributed by atoms with Crippen LogP contribution in [0.3, 0.4) is 0 Å². The molecule has 5 N–H and O–H groups in total. The van der Waals surface area contributed by atoms with Crippen LogP contribution < -0.4 is 16.4 Å². The number of hydrogen-bond donors (Lipinski definition) is 4. The fourth-order valence-electron chi connectivity index (χ4n) is 1.34. The lowest BCUT2D eigenvalue weighted by atomic mass is 9.88. The summed E-state index contributed by atoms with van der Waals surface area (Å²) in [5, 5.41) is 14.6. The summed E-state index contributed by atoms with van der Waals surface area (Å²) in [7, 11) is 0. The van der Waals surface area contributed by atoms with Crippen molar-refractivity contribution < 1.29 is 14.7 Å². The molecule has 6 heteroatoms. The molecule has 86 valence electrons. The third-order valence-corrected chi connectivity index (χ3v) is 2.73. The van der Waals surface area contributed by atoms with E-state index in [1.807, 2.05) is 6.92 Å². The van der Waals surface area contributed by atoms with Crippen LogP contribution in [0.5, 0.6) is 0 Å². The highest BCUT2D eigenvalue weighted by molar-refractivity contribution is 5.82. The predicted molar refractivity (Wildman–Crippen MR) is 53.7 cm³/mol. The fourth-order valence-corrected chi connectivity index (χ4v) is 1.34. The molecular formula is C9H17N3O3. The van der Waals surface area contributed by atoms with Crippen LogP contribution in [0.2, 0.25) is 0 Å². The molecule has 1 aliphatic heterocycles. The number of nitrogens with two attached hydrogens (primary N) is 1. The Labute approximate surface area is 88.2 Å². The van der Waals surface area contributed by atoms with Gasteiger partial charge in [0, 0.05) is 5.92 Å². The van der Waals surface area contributed by atoms with Crippen molar-refractivity contribution in [3.8, 4) is 0 Å². The van der Waals surface area contributed by atoms with Gasteiger partial charge in [-0.2, -0.15) is 0 Å². The molecule has 1 rings (SSSR count). The summed E-state index contributed by atoms with van der Waals surface area (Å²) < 4.78 is 0. The second-order valence-corrected chi connectivity index (χ2v) is 3.87. The van der Waals surface area contributed by atoms with Crippen molar-refractivity contribution in [1.29, 1.82) is 0 Å². The van der Waals surface area contributed by atoms with Gasteiger partial charge in [0.05, 0.1) is 6.54 Å². The van der Waals surface area contributed by atoms with E-state index >= 15 is 0 Å². The zero-order valence-corrected chi connectivity index (χ0v) is 8.69. The molecule has 0 bridgehead atoms. The van der Waals surface area contributed by atoms with Crippen molar-refractivity contribution in [2.45, 2.75) is 13.0 Å². The minimum absolute atomic E-state index is 0.105.